The Balaban J connectivity index is 2.07. The predicted molar refractivity (Wildman–Crippen MR) is 128 cm³/mol. The van der Waals surface area contributed by atoms with Gasteiger partial charge in [-0.15, -0.1) is 11.3 Å². The lowest BCUT2D eigenvalue weighted by molar-refractivity contribution is -0.114. The molecule has 154 valence electrons. The Morgan fingerprint density at radius 1 is 1.13 bits per heavy atom. The summed E-state index contributed by atoms with van der Waals surface area (Å²) < 4.78 is 1.14. The van der Waals surface area contributed by atoms with Gasteiger partial charge in [0.1, 0.15) is 0 Å². The van der Waals surface area contributed by atoms with Crippen molar-refractivity contribution < 1.29 is 4.79 Å². The number of aromatic nitrogens is 1. The number of anilines is 2. The number of amides is 1. The second kappa shape index (κ2) is 8.40. The van der Waals surface area contributed by atoms with E-state index in [1.165, 1.54) is 12.6 Å². The summed E-state index contributed by atoms with van der Waals surface area (Å²) in [7, 11) is 0. The van der Waals surface area contributed by atoms with Gasteiger partial charge < -0.3 is 10.2 Å². The number of nitrogens with one attached hydrogen (secondary N) is 1. The minimum Gasteiger partial charge on any atom is -0.372 e. The Bertz CT molecular complexity index is 1270. The first-order valence-corrected chi connectivity index (χ1v) is 11.2. The van der Waals surface area contributed by atoms with E-state index < -0.39 is 0 Å². The minimum atomic E-state index is -0.0955. The van der Waals surface area contributed by atoms with Crippen molar-refractivity contribution in [2.45, 2.75) is 27.7 Å². The zero-order valence-electron chi connectivity index (χ0n) is 17.8. The second-order valence-electron chi connectivity index (χ2n) is 7.16. The molecular formula is C24H26N4OS. The molecule has 2 aromatic carbocycles. The molecule has 0 unspecified atom stereocenters. The quantitative estimate of drug-likeness (QED) is 0.354. The molecule has 0 bridgehead atoms. The molecule has 1 N–H and O–H groups in total. The molecule has 0 atom stereocenters. The van der Waals surface area contributed by atoms with Crippen LogP contribution in [-0.2, 0) is 4.79 Å². The number of hydrogen-bond donors (Lipinski definition) is 1. The molecule has 0 saturated heterocycles. The topological polar surface area (TPSA) is 57.6 Å². The van der Waals surface area contributed by atoms with E-state index in [0.717, 1.165) is 55.7 Å². The van der Waals surface area contributed by atoms with Gasteiger partial charge in [0.2, 0.25) is 5.91 Å². The fourth-order valence-electron chi connectivity index (χ4n) is 3.90. The van der Waals surface area contributed by atoms with Gasteiger partial charge in [0.25, 0.3) is 0 Å². The Hall–Kier alpha value is -2.99. The highest BCUT2D eigenvalue weighted by molar-refractivity contribution is 7.21. The van der Waals surface area contributed by atoms with Crippen LogP contribution in [0.4, 0.5) is 11.4 Å². The lowest BCUT2D eigenvalue weighted by atomic mass is 10.0. The lowest BCUT2D eigenvalue weighted by Crippen LogP contribution is -2.21. The molecule has 0 aromatic heterocycles. The summed E-state index contributed by atoms with van der Waals surface area (Å²) in [6.45, 7) is 10.5. The maximum atomic E-state index is 11.8. The standard InChI is InChI=1S/C24H26N4OS/c1-5-25-20-14-22-24(23-17(20)9-8-10-19(23)26-15(4)29)27-18-12-11-16(13-21(18)30-22)28(6-2)7-3/h8-14H,5-7H2,1-4H3,(H,26,29). The average Bonchev–Trinajstić information content (AvgIpc) is 2.73. The van der Waals surface area contributed by atoms with Crippen LogP contribution in [0, 0.1) is 0 Å². The highest BCUT2D eigenvalue weighted by Crippen LogP contribution is 2.38. The third-order valence-corrected chi connectivity index (χ3v) is 6.32. The Labute approximate surface area is 180 Å². The van der Waals surface area contributed by atoms with Crippen molar-refractivity contribution in [1.82, 2.24) is 4.98 Å². The summed E-state index contributed by atoms with van der Waals surface area (Å²) in [5.74, 6) is -0.0955. The van der Waals surface area contributed by atoms with Crippen LogP contribution in [0.5, 0.6) is 0 Å². The first-order chi connectivity index (χ1) is 14.5. The highest BCUT2D eigenvalue weighted by atomic mass is 32.1. The van der Waals surface area contributed by atoms with Crippen molar-refractivity contribution >= 4 is 49.6 Å². The van der Waals surface area contributed by atoms with E-state index in [0.29, 0.717) is 6.54 Å². The molecule has 2 aliphatic rings. The Morgan fingerprint density at radius 3 is 2.63 bits per heavy atom. The smallest absolute Gasteiger partial charge is 0.221 e. The molecule has 1 aliphatic heterocycles. The molecule has 6 heteroatoms. The van der Waals surface area contributed by atoms with E-state index in [1.807, 2.05) is 19.1 Å². The SMILES string of the molecule is CCN=c1cc2sc3cc(N(CC)CC)ccc3nc-2c2c(NC(C)=O)cccc12. The molecule has 4 rings (SSSR count). The van der Waals surface area contributed by atoms with E-state index in [-0.39, 0.29) is 5.91 Å². The molecule has 0 saturated carbocycles. The molecule has 1 heterocycles. The third kappa shape index (κ3) is 3.63. The fourth-order valence-corrected chi connectivity index (χ4v) is 4.95. The third-order valence-electron chi connectivity index (χ3n) is 5.24. The van der Waals surface area contributed by atoms with Gasteiger partial charge in [0, 0.05) is 43.0 Å². The summed E-state index contributed by atoms with van der Waals surface area (Å²) in [5.41, 5.74) is 3.85. The summed E-state index contributed by atoms with van der Waals surface area (Å²) >= 11 is 1.72. The van der Waals surface area contributed by atoms with Crippen molar-refractivity contribution in [2.75, 3.05) is 29.9 Å². The molecule has 0 fully saturated rings. The van der Waals surface area contributed by atoms with Crippen LogP contribution in [0.3, 0.4) is 0 Å². The van der Waals surface area contributed by atoms with E-state index in [9.17, 15) is 4.79 Å². The van der Waals surface area contributed by atoms with Crippen LogP contribution in [0.1, 0.15) is 27.7 Å². The summed E-state index contributed by atoms with van der Waals surface area (Å²) in [5, 5.41) is 5.86. The van der Waals surface area contributed by atoms with Crippen molar-refractivity contribution in [1.29, 1.82) is 0 Å². The predicted octanol–water partition coefficient (Wildman–Crippen LogP) is 5.28. The number of hydrogen-bond acceptors (Lipinski definition) is 5. The normalized spacial score (nSPS) is 12.1. The van der Waals surface area contributed by atoms with Crippen molar-refractivity contribution in [3.63, 3.8) is 0 Å². The number of carbonyl (C=O) groups is 1. The van der Waals surface area contributed by atoms with Gasteiger partial charge in [-0.2, -0.15) is 0 Å². The minimum absolute atomic E-state index is 0.0955. The number of nitrogens with zero attached hydrogens (tertiary/aromatic N) is 3. The number of fused-ring (bicyclic) bond motifs is 4. The summed E-state index contributed by atoms with van der Waals surface area (Å²) in [6, 6.07) is 14.5. The maximum Gasteiger partial charge on any atom is 0.221 e. The summed E-state index contributed by atoms with van der Waals surface area (Å²) in [4.78, 5) is 25.0. The average molecular weight is 419 g/mol. The van der Waals surface area contributed by atoms with Gasteiger partial charge in [0.05, 0.1) is 31.8 Å². The Morgan fingerprint density at radius 2 is 1.93 bits per heavy atom. The van der Waals surface area contributed by atoms with Crippen LogP contribution >= 0.6 is 11.3 Å². The van der Waals surface area contributed by atoms with Gasteiger partial charge in [-0.1, -0.05) is 12.1 Å². The van der Waals surface area contributed by atoms with Crippen LogP contribution in [-0.4, -0.2) is 30.5 Å². The van der Waals surface area contributed by atoms with Gasteiger partial charge in [-0.05, 0) is 51.1 Å². The molecular weight excluding hydrogens is 392 g/mol. The fraction of sp³-hybridized carbons (Fsp3) is 0.292. The van der Waals surface area contributed by atoms with Crippen LogP contribution < -0.4 is 15.6 Å². The van der Waals surface area contributed by atoms with Crippen LogP contribution in [0.2, 0.25) is 0 Å². The number of carbonyl (C=O) groups excluding carboxylic acids is 1. The lowest BCUT2D eigenvalue weighted by Gasteiger charge is -2.21. The summed E-state index contributed by atoms with van der Waals surface area (Å²) in [6.07, 6.45) is 0. The Kier molecular flexibility index (Phi) is 5.68. The zero-order valence-corrected chi connectivity index (χ0v) is 18.6. The molecule has 0 radical (unpaired) electrons. The molecule has 5 nitrogen and oxygen atoms in total. The van der Waals surface area contributed by atoms with Crippen LogP contribution in [0.25, 0.3) is 31.6 Å². The van der Waals surface area contributed by atoms with E-state index >= 15 is 0 Å². The largest absolute Gasteiger partial charge is 0.372 e. The molecule has 2 aromatic rings. The molecule has 0 spiro atoms. The van der Waals surface area contributed by atoms with E-state index in [1.54, 1.807) is 11.3 Å². The van der Waals surface area contributed by atoms with Gasteiger partial charge in [-0.25, -0.2) is 4.98 Å². The monoisotopic (exact) mass is 418 g/mol. The maximum absolute atomic E-state index is 11.8. The highest BCUT2D eigenvalue weighted by Gasteiger charge is 2.17. The van der Waals surface area contributed by atoms with Gasteiger partial charge in [-0.3, -0.25) is 9.79 Å². The van der Waals surface area contributed by atoms with Gasteiger partial charge >= 0.3 is 0 Å². The van der Waals surface area contributed by atoms with Crippen molar-refractivity contribution in [3.8, 4) is 10.6 Å². The van der Waals surface area contributed by atoms with Gasteiger partial charge in [0.15, 0.2) is 0 Å². The molecule has 1 aliphatic carbocycles. The number of rotatable bonds is 5. The van der Waals surface area contributed by atoms with E-state index in [2.05, 4.69) is 54.4 Å². The van der Waals surface area contributed by atoms with E-state index in [4.69, 9.17) is 9.98 Å². The zero-order chi connectivity index (χ0) is 21.3. The van der Waals surface area contributed by atoms with Crippen LogP contribution in [0.15, 0.2) is 47.5 Å². The van der Waals surface area contributed by atoms with Crippen molar-refractivity contribution in [2.24, 2.45) is 4.99 Å². The molecule has 1 amide bonds. The first-order valence-electron chi connectivity index (χ1n) is 10.4. The van der Waals surface area contributed by atoms with Crippen molar-refractivity contribution in [3.05, 3.63) is 47.8 Å². The number of benzene rings is 3. The first kappa shape index (κ1) is 20.3. The molecule has 30 heavy (non-hydrogen) atoms. The second-order valence-corrected chi connectivity index (χ2v) is 8.25.